The number of hydrogen-bond donors (Lipinski definition) is 1. The van der Waals surface area contributed by atoms with Gasteiger partial charge in [-0.05, 0) is 31.5 Å². The first-order chi connectivity index (χ1) is 9.33. The van der Waals surface area contributed by atoms with Crippen LogP contribution in [0, 0.1) is 0 Å². The second-order valence-corrected chi connectivity index (χ2v) is 4.94. The zero-order valence-corrected chi connectivity index (χ0v) is 11.9. The van der Waals surface area contributed by atoms with Gasteiger partial charge < -0.3 is 14.8 Å². The van der Waals surface area contributed by atoms with Crippen LogP contribution in [-0.4, -0.2) is 30.8 Å². The Morgan fingerprint density at radius 2 is 2.37 bits per heavy atom. The molecule has 2 rings (SSSR count). The summed E-state index contributed by atoms with van der Waals surface area (Å²) in [6.45, 7) is 6.87. The number of aromatic nitrogens is 1. The molecule has 2 heterocycles. The van der Waals surface area contributed by atoms with Gasteiger partial charge in [0.25, 0.3) is 0 Å². The largest absolute Gasteiger partial charge is 0.486 e. The van der Waals surface area contributed by atoms with Gasteiger partial charge in [0.1, 0.15) is 11.9 Å². The van der Waals surface area contributed by atoms with Gasteiger partial charge in [0, 0.05) is 12.5 Å². The fraction of sp³-hybridized carbons (Fsp3) is 0.667. The molecule has 0 spiro atoms. The van der Waals surface area contributed by atoms with E-state index < -0.39 is 0 Å². The molecule has 0 aromatic carbocycles. The van der Waals surface area contributed by atoms with Crippen molar-refractivity contribution in [3.8, 4) is 5.75 Å². The predicted molar refractivity (Wildman–Crippen MR) is 75.4 cm³/mol. The molecule has 1 N–H and O–H groups in total. The molecule has 106 valence electrons. The smallest absolute Gasteiger partial charge is 0.138 e. The highest BCUT2D eigenvalue weighted by atomic mass is 16.5. The monoisotopic (exact) mass is 264 g/mol. The van der Waals surface area contributed by atoms with Crippen molar-refractivity contribution in [3.63, 3.8) is 0 Å². The molecule has 1 saturated heterocycles. The van der Waals surface area contributed by atoms with Gasteiger partial charge in [0.05, 0.1) is 25.1 Å². The molecule has 1 aliphatic heterocycles. The van der Waals surface area contributed by atoms with Crippen LogP contribution in [0.5, 0.6) is 5.75 Å². The van der Waals surface area contributed by atoms with Gasteiger partial charge in [-0.25, -0.2) is 0 Å². The van der Waals surface area contributed by atoms with Gasteiger partial charge >= 0.3 is 0 Å². The maximum absolute atomic E-state index is 5.82. The highest BCUT2D eigenvalue weighted by molar-refractivity contribution is 5.22. The third-order valence-corrected chi connectivity index (χ3v) is 3.36. The zero-order valence-electron chi connectivity index (χ0n) is 11.9. The molecule has 4 heteroatoms. The lowest BCUT2D eigenvalue weighted by Gasteiger charge is -2.17. The Bertz CT molecular complexity index is 361. The number of ether oxygens (including phenoxy) is 2. The average Bonchev–Trinajstić information content (AvgIpc) is 2.94. The highest BCUT2D eigenvalue weighted by Crippen LogP contribution is 2.19. The molecule has 0 bridgehead atoms. The zero-order chi connectivity index (χ0) is 13.5. The molecule has 4 nitrogen and oxygen atoms in total. The Morgan fingerprint density at radius 1 is 1.47 bits per heavy atom. The second kappa shape index (κ2) is 7.46. The Hall–Kier alpha value is -1.13. The lowest BCUT2D eigenvalue weighted by molar-refractivity contribution is 0.141. The highest BCUT2D eigenvalue weighted by Gasteiger charge is 2.17. The number of rotatable bonds is 7. The van der Waals surface area contributed by atoms with Crippen LogP contribution in [0.25, 0.3) is 0 Å². The minimum absolute atomic E-state index is 0.188. The molecule has 1 aromatic heterocycles. The standard InChI is InChI=1S/C15H24N2O2/c1-3-8-16-14(4-2)15-6-5-12(10-17-15)19-13-7-9-18-11-13/h5-6,10,13-14,16H,3-4,7-9,11H2,1-2H3. The fourth-order valence-corrected chi connectivity index (χ4v) is 2.24. The van der Waals surface area contributed by atoms with Crippen LogP contribution in [0.2, 0.25) is 0 Å². The van der Waals surface area contributed by atoms with Gasteiger partial charge in [0.15, 0.2) is 0 Å². The van der Waals surface area contributed by atoms with E-state index in [0.717, 1.165) is 43.9 Å². The van der Waals surface area contributed by atoms with Crippen molar-refractivity contribution in [3.05, 3.63) is 24.0 Å². The lowest BCUT2D eigenvalue weighted by Crippen LogP contribution is -2.22. The summed E-state index contributed by atoms with van der Waals surface area (Å²) in [6, 6.07) is 4.41. The molecule has 1 fully saturated rings. The summed E-state index contributed by atoms with van der Waals surface area (Å²) in [6.07, 6.45) is 5.16. The van der Waals surface area contributed by atoms with Gasteiger partial charge in [-0.1, -0.05) is 13.8 Å². The summed E-state index contributed by atoms with van der Waals surface area (Å²) in [7, 11) is 0. The van der Waals surface area contributed by atoms with Gasteiger partial charge in [0.2, 0.25) is 0 Å². The second-order valence-electron chi connectivity index (χ2n) is 4.94. The minimum atomic E-state index is 0.188. The van der Waals surface area contributed by atoms with Crippen LogP contribution in [0.3, 0.4) is 0 Å². The predicted octanol–water partition coefficient (Wildman–Crippen LogP) is 2.70. The van der Waals surface area contributed by atoms with E-state index in [-0.39, 0.29) is 6.10 Å². The van der Waals surface area contributed by atoms with Crippen molar-refractivity contribution in [2.45, 2.75) is 45.3 Å². The van der Waals surface area contributed by atoms with Crippen LogP contribution in [0.4, 0.5) is 0 Å². The normalized spacial score (nSPS) is 20.4. The summed E-state index contributed by atoms with van der Waals surface area (Å²) >= 11 is 0. The van der Waals surface area contributed by atoms with Crippen LogP contribution < -0.4 is 10.1 Å². The fourth-order valence-electron chi connectivity index (χ4n) is 2.24. The van der Waals surface area contributed by atoms with Crippen molar-refractivity contribution >= 4 is 0 Å². The number of pyridine rings is 1. The summed E-state index contributed by atoms with van der Waals surface area (Å²) in [5.41, 5.74) is 1.09. The molecule has 0 aliphatic carbocycles. The Balaban J connectivity index is 1.92. The molecule has 19 heavy (non-hydrogen) atoms. The van der Waals surface area contributed by atoms with Crippen molar-refractivity contribution in [1.82, 2.24) is 10.3 Å². The van der Waals surface area contributed by atoms with Crippen LogP contribution in [0.1, 0.15) is 44.8 Å². The third kappa shape index (κ3) is 4.18. The number of nitrogens with one attached hydrogen (secondary N) is 1. The quantitative estimate of drug-likeness (QED) is 0.822. The van der Waals surface area contributed by atoms with Crippen LogP contribution in [-0.2, 0) is 4.74 Å². The summed E-state index contributed by atoms with van der Waals surface area (Å²) in [4.78, 5) is 4.52. The van der Waals surface area contributed by atoms with Crippen LogP contribution >= 0.6 is 0 Å². The summed E-state index contributed by atoms with van der Waals surface area (Å²) in [5, 5.41) is 3.50. The maximum Gasteiger partial charge on any atom is 0.138 e. The molecular weight excluding hydrogens is 240 g/mol. The van der Waals surface area contributed by atoms with Gasteiger partial charge in [-0.3, -0.25) is 4.98 Å². The van der Waals surface area contributed by atoms with E-state index in [1.807, 2.05) is 12.3 Å². The van der Waals surface area contributed by atoms with Crippen LogP contribution in [0.15, 0.2) is 18.3 Å². The molecular formula is C15H24N2O2. The molecule has 0 amide bonds. The molecule has 1 aliphatic rings. The van der Waals surface area contributed by atoms with E-state index in [2.05, 4.69) is 30.2 Å². The maximum atomic E-state index is 5.82. The molecule has 0 radical (unpaired) electrons. The van der Waals surface area contributed by atoms with E-state index in [0.29, 0.717) is 12.6 Å². The summed E-state index contributed by atoms with van der Waals surface area (Å²) in [5.74, 6) is 0.838. The van der Waals surface area contributed by atoms with E-state index in [4.69, 9.17) is 9.47 Å². The number of nitrogens with zero attached hydrogens (tertiary/aromatic N) is 1. The van der Waals surface area contributed by atoms with Crippen molar-refractivity contribution in [2.24, 2.45) is 0 Å². The topological polar surface area (TPSA) is 43.4 Å². The van der Waals surface area contributed by atoms with E-state index >= 15 is 0 Å². The molecule has 1 aromatic rings. The van der Waals surface area contributed by atoms with Crippen molar-refractivity contribution < 1.29 is 9.47 Å². The summed E-state index contributed by atoms with van der Waals surface area (Å²) < 4.78 is 11.1. The van der Waals surface area contributed by atoms with E-state index in [1.54, 1.807) is 0 Å². The average molecular weight is 264 g/mol. The Kier molecular flexibility index (Phi) is 5.61. The third-order valence-electron chi connectivity index (χ3n) is 3.36. The van der Waals surface area contributed by atoms with Crippen molar-refractivity contribution in [1.29, 1.82) is 0 Å². The van der Waals surface area contributed by atoms with Crippen molar-refractivity contribution in [2.75, 3.05) is 19.8 Å². The lowest BCUT2D eigenvalue weighted by atomic mass is 10.1. The molecule has 0 saturated carbocycles. The van der Waals surface area contributed by atoms with E-state index in [1.165, 1.54) is 0 Å². The van der Waals surface area contributed by atoms with Gasteiger partial charge in [-0.15, -0.1) is 0 Å². The SMILES string of the molecule is CCCNC(CC)c1ccc(OC2CCOC2)cn1. The first-order valence-electron chi connectivity index (χ1n) is 7.27. The Labute approximate surface area is 115 Å². The molecule has 2 unspecified atom stereocenters. The van der Waals surface area contributed by atoms with E-state index in [9.17, 15) is 0 Å². The first kappa shape index (κ1) is 14.3. The Morgan fingerprint density at radius 3 is 2.95 bits per heavy atom. The minimum Gasteiger partial charge on any atom is -0.486 e. The first-order valence-corrected chi connectivity index (χ1v) is 7.27. The van der Waals surface area contributed by atoms with Gasteiger partial charge in [-0.2, -0.15) is 0 Å². The number of hydrogen-bond acceptors (Lipinski definition) is 4. The molecule has 2 atom stereocenters.